The molecule has 20 heavy (non-hydrogen) atoms. The summed E-state index contributed by atoms with van der Waals surface area (Å²) in [5, 5.41) is 3.41. The summed E-state index contributed by atoms with van der Waals surface area (Å²) in [5.74, 6) is 0. The number of alkyl halides is 3. The highest BCUT2D eigenvalue weighted by atomic mass is 32.1. The predicted octanol–water partition coefficient (Wildman–Crippen LogP) is 3.48. The van der Waals surface area contributed by atoms with E-state index in [2.05, 4.69) is 15.3 Å². The Morgan fingerprint density at radius 2 is 2.10 bits per heavy atom. The number of hydrogen-bond acceptors (Lipinski definition) is 4. The average Bonchev–Trinajstić information content (AvgIpc) is 3.14. The molecule has 7 heteroatoms. The van der Waals surface area contributed by atoms with E-state index >= 15 is 0 Å². The lowest BCUT2D eigenvalue weighted by atomic mass is 10.3. The average molecular weight is 299 g/mol. The van der Waals surface area contributed by atoms with E-state index in [0.717, 1.165) is 24.2 Å². The monoisotopic (exact) mass is 299 g/mol. The molecule has 1 aliphatic carbocycles. The van der Waals surface area contributed by atoms with E-state index in [4.69, 9.17) is 0 Å². The zero-order valence-corrected chi connectivity index (χ0v) is 11.3. The summed E-state index contributed by atoms with van der Waals surface area (Å²) in [6, 6.07) is 5.48. The molecule has 106 valence electrons. The molecule has 0 spiro atoms. The van der Waals surface area contributed by atoms with E-state index in [-0.39, 0.29) is 11.4 Å². The highest BCUT2D eigenvalue weighted by Gasteiger charge is 2.38. The van der Waals surface area contributed by atoms with Gasteiger partial charge in [-0.25, -0.2) is 4.98 Å². The Hall–Kier alpha value is -1.47. The van der Waals surface area contributed by atoms with Crippen molar-refractivity contribution in [3.8, 4) is 10.7 Å². The van der Waals surface area contributed by atoms with Crippen molar-refractivity contribution in [1.29, 1.82) is 0 Å². The highest BCUT2D eigenvalue weighted by Crippen LogP contribution is 2.37. The molecule has 0 aliphatic heterocycles. The van der Waals surface area contributed by atoms with Crippen LogP contribution >= 0.6 is 11.3 Å². The normalized spacial score (nSPS) is 15.6. The molecule has 2 aromatic rings. The van der Waals surface area contributed by atoms with E-state index in [9.17, 15) is 13.2 Å². The second-order valence-corrected chi connectivity index (χ2v) is 5.74. The lowest BCUT2D eigenvalue weighted by Crippen LogP contribution is -2.18. The van der Waals surface area contributed by atoms with Crippen LogP contribution in [0.25, 0.3) is 10.7 Å². The van der Waals surface area contributed by atoms with Crippen LogP contribution in [-0.2, 0) is 12.7 Å². The number of rotatable bonds is 4. The van der Waals surface area contributed by atoms with Crippen LogP contribution in [0.4, 0.5) is 13.2 Å². The zero-order valence-electron chi connectivity index (χ0n) is 10.4. The van der Waals surface area contributed by atoms with E-state index in [1.54, 1.807) is 24.4 Å². The molecule has 0 atom stereocenters. The minimum absolute atomic E-state index is 0.212. The van der Waals surface area contributed by atoms with Gasteiger partial charge in [0.1, 0.15) is 5.01 Å². The van der Waals surface area contributed by atoms with Crippen molar-refractivity contribution in [3.05, 3.63) is 35.0 Å². The largest absolute Gasteiger partial charge is 0.434 e. The zero-order chi connectivity index (χ0) is 14.2. The Balaban J connectivity index is 1.92. The minimum Gasteiger partial charge on any atom is -0.309 e. The van der Waals surface area contributed by atoms with Crippen molar-refractivity contribution in [1.82, 2.24) is 15.3 Å². The van der Waals surface area contributed by atoms with Crippen LogP contribution in [0.15, 0.2) is 24.4 Å². The van der Waals surface area contributed by atoms with Gasteiger partial charge in [-0.1, -0.05) is 6.07 Å². The number of thiazole rings is 1. The minimum atomic E-state index is -4.43. The SMILES string of the molecule is FC(F)(F)c1nc(-c2ccccn2)sc1CNC1CC1. The molecule has 0 bridgehead atoms. The lowest BCUT2D eigenvalue weighted by molar-refractivity contribution is -0.141. The maximum Gasteiger partial charge on any atom is 0.434 e. The van der Waals surface area contributed by atoms with Crippen molar-refractivity contribution in [3.63, 3.8) is 0 Å². The molecular formula is C13H12F3N3S. The summed E-state index contributed by atoms with van der Waals surface area (Å²) >= 11 is 1.05. The van der Waals surface area contributed by atoms with Gasteiger partial charge in [-0.05, 0) is 25.0 Å². The first-order chi connectivity index (χ1) is 9.54. The fraction of sp³-hybridized carbons (Fsp3) is 0.385. The summed E-state index contributed by atoms with van der Waals surface area (Å²) in [4.78, 5) is 8.02. The van der Waals surface area contributed by atoms with Gasteiger partial charge in [0.15, 0.2) is 5.69 Å². The van der Waals surface area contributed by atoms with Gasteiger partial charge in [-0.15, -0.1) is 11.3 Å². The molecule has 0 unspecified atom stereocenters. The number of aromatic nitrogens is 2. The quantitative estimate of drug-likeness (QED) is 0.939. The smallest absolute Gasteiger partial charge is 0.309 e. The molecule has 0 saturated heterocycles. The van der Waals surface area contributed by atoms with Gasteiger partial charge in [-0.3, -0.25) is 4.98 Å². The number of halogens is 3. The number of pyridine rings is 1. The second-order valence-electron chi connectivity index (χ2n) is 4.66. The fourth-order valence-corrected chi connectivity index (χ4v) is 2.83. The molecule has 0 radical (unpaired) electrons. The first kappa shape index (κ1) is 13.5. The predicted molar refractivity (Wildman–Crippen MR) is 70.2 cm³/mol. The van der Waals surface area contributed by atoms with E-state index in [0.29, 0.717) is 16.7 Å². The van der Waals surface area contributed by atoms with Crippen molar-refractivity contribution < 1.29 is 13.2 Å². The molecule has 1 fully saturated rings. The maximum absolute atomic E-state index is 13.0. The van der Waals surface area contributed by atoms with Crippen LogP contribution in [0.3, 0.4) is 0 Å². The van der Waals surface area contributed by atoms with Gasteiger partial charge >= 0.3 is 6.18 Å². The van der Waals surface area contributed by atoms with Gasteiger partial charge in [0.05, 0.1) is 10.6 Å². The Kier molecular flexibility index (Phi) is 3.47. The van der Waals surface area contributed by atoms with Gasteiger partial charge in [0, 0.05) is 18.8 Å². The third kappa shape index (κ3) is 2.99. The molecule has 1 N–H and O–H groups in total. The molecule has 1 saturated carbocycles. The third-order valence-electron chi connectivity index (χ3n) is 2.98. The van der Waals surface area contributed by atoms with E-state index in [1.165, 1.54) is 0 Å². The van der Waals surface area contributed by atoms with E-state index < -0.39 is 11.9 Å². The molecule has 3 rings (SSSR count). The summed E-state index contributed by atoms with van der Waals surface area (Å²) < 4.78 is 39.0. The molecular weight excluding hydrogens is 287 g/mol. The Labute approximate surface area is 117 Å². The first-order valence-corrected chi connectivity index (χ1v) is 7.07. The molecule has 3 nitrogen and oxygen atoms in total. The molecule has 2 heterocycles. The van der Waals surface area contributed by atoms with Crippen LogP contribution in [0.2, 0.25) is 0 Å². The Bertz CT molecular complexity index is 591. The van der Waals surface area contributed by atoms with Crippen LogP contribution in [0.1, 0.15) is 23.4 Å². The van der Waals surface area contributed by atoms with Crippen LogP contribution in [0.5, 0.6) is 0 Å². The number of hydrogen-bond donors (Lipinski definition) is 1. The summed E-state index contributed by atoms with van der Waals surface area (Å²) in [6.07, 6.45) is -0.809. The van der Waals surface area contributed by atoms with Gasteiger partial charge in [0.25, 0.3) is 0 Å². The lowest BCUT2D eigenvalue weighted by Gasteiger charge is -2.06. The third-order valence-corrected chi connectivity index (χ3v) is 4.06. The molecule has 0 aromatic carbocycles. The van der Waals surface area contributed by atoms with E-state index in [1.807, 2.05) is 0 Å². The van der Waals surface area contributed by atoms with Crippen LogP contribution in [-0.4, -0.2) is 16.0 Å². The second kappa shape index (κ2) is 5.14. The summed E-state index contributed by atoms with van der Waals surface area (Å²) in [5.41, 5.74) is -0.322. The van der Waals surface area contributed by atoms with Gasteiger partial charge in [-0.2, -0.15) is 13.2 Å². The summed E-state index contributed by atoms with van der Waals surface area (Å²) in [7, 11) is 0. The van der Waals surface area contributed by atoms with Crippen molar-refractivity contribution in [2.75, 3.05) is 0 Å². The van der Waals surface area contributed by atoms with Crippen molar-refractivity contribution in [2.45, 2.75) is 31.6 Å². The van der Waals surface area contributed by atoms with Crippen LogP contribution < -0.4 is 5.32 Å². The standard InChI is InChI=1S/C13H12F3N3S/c14-13(15,16)11-10(7-18-8-4-5-8)20-12(19-11)9-3-1-2-6-17-9/h1-3,6,8,18H,4-5,7H2. The van der Waals surface area contributed by atoms with Crippen molar-refractivity contribution >= 4 is 11.3 Å². The number of nitrogens with zero attached hydrogens (tertiary/aromatic N) is 2. The fourth-order valence-electron chi connectivity index (χ4n) is 1.82. The molecule has 2 aromatic heterocycles. The van der Waals surface area contributed by atoms with Crippen LogP contribution in [0, 0.1) is 0 Å². The maximum atomic E-state index is 13.0. The molecule has 1 aliphatic rings. The first-order valence-electron chi connectivity index (χ1n) is 6.26. The Morgan fingerprint density at radius 3 is 2.70 bits per heavy atom. The van der Waals surface area contributed by atoms with Gasteiger partial charge in [0.2, 0.25) is 0 Å². The Morgan fingerprint density at radius 1 is 1.30 bits per heavy atom. The van der Waals surface area contributed by atoms with Crippen molar-refractivity contribution in [2.24, 2.45) is 0 Å². The topological polar surface area (TPSA) is 37.8 Å². The number of nitrogens with one attached hydrogen (secondary N) is 1. The molecule has 0 amide bonds. The highest BCUT2D eigenvalue weighted by molar-refractivity contribution is 7.15. The summed E-state index contributed by atoms with van der Waals surface area (Å²) in [6.45, 7) is 0.212. The van der Waals surface area contributed by atoms with Gasteiger partial charge < -0.3 is 5.32 Å².